The van der Waals surface area contributed by atoms with Crippen LogP contribution in [0.3, 0.4) is 0 Å². The van der Waals surface area contributed by atoms with Gasteiger partial charge < -0.3 is 5.32 Å². The Hall–Kier alpha value is -2.34. The van der Waals surface area contributed by atoms with Gasteiger partial charge in [0.1, 0.15) is 11.9 Å². The number of benzene rings is 1. The number of nitriles is 1. The standard InChI is InChI=1S/C19H21N3/c1-14-7-5-6-10-17(14)21-19-16(13-20)11-12-18(22-19)15-8-3-2-4-9-15/h2-4,8-9,11-12,14,17H,5-7,10H2,1H3,(H,21,22). The van der Waals surface area contributed by atoms with E-state index in [4.69, 9.17) is 4.98 Å². The van der Waals surface area contributed by atoms with Crippen molar-refractivity contribution in [3.63, 3.8) is 0 Å². The molecule has 3 nitrogen and oxygen atoms in total. The zero-order valence-electron chi connectivity index (χ0n) is 12.9. The smallest absolute Gasteiger partial charge is 0.144 e. The number of aromatic nitrogens is 1. The van der Waals surface area contributed by atoms with Crippen molar-refractivity contribution in [1.82, 2.24) is 4.98 Å². The Bertz CT molecular complexity index is 673. The normalized spacial score (nSPS) is 21.1. The molecule has 2 unspecified atom stereocenters. The van der Waals surface area contributed by atoms with Crippen molar-refractivity contribution >= 4 is 5.82 Å². The summed E-state index contributed by atoms with van der Waals surface area (Å²) in [6.07, 6.45) is 4.96. The predicted octanol–water partition coefficient (Wildman–Crippen LogP) is 4.61. The number of hydrogen-bond acceptors (Lipinski definition) is 3. The van der Waals surface area contributed by atoms with Crippen LogP contribution in [0, 0.1) is 17.2 Å². The van der Waals surface area contributed by atoms with E-state index in [2.05, 4.69) is 18.3 Å². The Labute approximate surface area is 132 Å². The van der Waals surface area contributed by atoms with Gasteiger partial charge in [-0.1, -0.05) is 50.1 Å². The van der Waals surface area contributed by atoms with Crippen molar-refractivity contribution < 1.29 is 0 Å². The lowest BCUT2D eigenvalue weighted by Gasteiger charge is -2.30. The summed E-state index contributed by atoms with van der Waals surface area (Å²) in [6.45, 7) is 2.28. The molecule has 1 aromatic heterocycles. The second kappa shape index (κ2) is 6.62. The highest BCUT2D eigenvalue weighted by Crippen LogP contribution is 2.28. The summed E-state index contributed by atoms with van der Waals surface area (Å²) in [4.78, 5) is 4.71. The molecule has 0 bridgehead atoms. The molecule has 22 heavy (non-hydrogen) atoms. The molecule has 1 heterocycles. The quantitative estimate of drug-likeness (QED) is 0.898. The number of anilines is 1. The first kappa shape index (κ1) is 14.6. The van der Waals surface area contributed by atoms with Gasteiger partial charge in [-0.05, 0) is 30.9 Å². The van der Waals surface area contributed by atoms with Crippen LogP contribution in [0.15, 0.2) is 42.5 Å². The Morgan fingerprint density at radius 3 is 2.59 bits per heavy atom. The minimum atomic E-state index is 0.416. The molecule has 0 spiro atoms. The summed E-state index contributed by atoms with van der Waals surface area (Å²) < 4.78 is 0. The van der Waals surface area contributed by atoms with Gasteiger partial charge in [0.05, 0.1) is 11.3 Å². The van der Waals surface area contributed by atoms with Crippen molar-refractivity contribution in [2.24, 2.45) is 5.92 Å². The summed E-state index contributed by atoms with van der Waals surface area (Å²) in [6, 6.07) is 16.5. The van der Waals surface area contributed by atoms with Crippen molar-refractivity contribution in [3.05, 3.63) is 48.0 Å². The van der Waals surface area contributed by atoms with Crippen molar-refractivity contribution in [2.75, 3.05) is 5.32 Å². The largest absolute Gasteiger partial charge is 0.366 e. The monoisotopic (exact) mass is 291 g/mol. The maximum Gasteiger partial charge on any atom is 0.144 e. The molecule has 1 N–H and O–H groups in total. The predicted molar refractivity (Wildman–Crippen MR) is 89.4 cm³/mol. The van der Waals surface area contributed by atoms with Crippen LogP contribution in [-0.2, 0) is 0 Å². The Morgan fingerprint density at radius 2 is 1.86 bits per heavy atom. The fraction of sp³-hybridized carbons (Fsp3) is 0.368. The van der Waals surface area contributed by atoms with Gasteiger partial charge in [-0.2, -0.15) is 5.26 Å². The van der Waals surface area contributed by atoms with Crippen LogP contribution in [0.2, 0.25) is 0 Å². The Kier molecular flexibility index (Phi) is 4.39. The van der Waals surface area contributed by atoms with E-state index < -0.39 is 0 Å². The van der Waals surface area contributed by atoms with E-state index in [1.165, 1.54) is 19.3 Å². The van der Waals surface area contributed by atoms with Crippen LogP contribution >= 0.6 is 0 Å². The topological polar surface area (TPSA) is 48.7 Å². The van der Waals surface area contributed by atoms with Crippen molar-refractivity contribution in [1.29, 1.82) is 5.26 Å². The molecular formula is C19H21N3. The number of rotatable bonds is 3. The number of pyridine rings is 1. The van der Waals surface area contributed by atoms with Crippen LogP contribution < -0.4 is 5.32 Å². The van der Waals surface area contributed by atoms with Crippen molar-refractivity contribution in [2.45, 2.75) is 38.6 Å². The Balaban J connectivity index is 1.90. The molecule has 0 radical (unpaired) electrons. The molecule has 3 heteroatoms. The van der Waals surface area contributed by atoms with E-state index in [-0.39, 0.29) is 0 Å². The van der Waals surface area contributed by atoms with Gasteiger partial charge in [-0.15, -0.1) is 0 Å². The molecule has 112 valence electrons. The van der Waals surface area contributed by atoms with E-state index in [9.17, 15) is 5.26 Å². The van der Waals surface area contributed by atoms with Gasteiger partial charge in [0, 0.05) is 11.6 Å². The molecule has 2 atom stereocenters. The molecule has 0 aliphatic heterocycles. The fourth-order valence-electron chi connectivity index (χ4n) is 3.14. The van der Waals surface area contributed by atoms with E-state index in [1.807, 2.05) is 42.5 Å². The molecule has 1 fully saturated rings. The molecule has 3 rings (SSSR count). The average molecular weight is 291 g/mol. The lowest BCUT2D eigenvalue weighted by atomic mass is 9.86. The number of nitrogens with zero attached hydrogens (tertiary/aromatic N) is 2. The van der Waals surface area contributed by atoms with Crippen LogP contribution in [0.5, 0.6) is 0 Å². The minimum absolute atomic E-state index is 0.416. The lowest BCUT2D eigenvalue weighted by Crippen LogP contribution is -2.31. The molecule has 1 aliphatic rings. The van der Waals surface area contributed by atoms with Crippen LogP contribution in [0.25, 0.3) is 11.3 Å². The first-order valence-corrected chi connectivity index (χ1v) is 8.01. The van der Waals surface area contributed by atoms with Gasteiger partial charge >= 0.3 is 0 Å². The highest BCUT2D eigenvalue weighted by atomic mass is 15.0. The van der Waals surface area contributed by atoms with Gasteiger partial charge in [-0.25, -0.2) is 4.98 Å². The first-order valence-electron chi connectivity index (χ1n) is 8.01. The first-order chi connectivity index (χ1) is 10.8. The molecule has 1 saturated carbocycles. The van der Waals surface area contributed by atoms with Crippen LogP contribution in [-0.4, -0.2) is 11.0 Å². The summed E-state index contributed by atoms with van der Waals surface area (Å²) in [5, 5.41) is 12.9. The van der Waals surface area contributed by atoms with Crippen molar-refractivity contribution in [3.8, 4) is 17.3 Å². The second-order valence-corrected chi connectivity index (χ2v) is 6.08. The van der Waals surface area contributed by atoms with Crippen LogP contribution in [0.4, 0.5) is 5.82 Å². The van der Waals surface area contributed by atoms with Gasteiger partial charge in [0.2, 0.25) is 0 Å². The SMILES string of the molecule is CC1CCCCC1Nc1nc(-c2ccccc2)ccc1C#N. The van der Waals surface area contributed by atoms with Gasteiger partial charge in [0.15, 0.2) is 0 Å². The highest BCUT2D eigenvalue weighted by molar-refractivity contribution is 5.64. The molecule has 2 aromatic rings. The summed E-state index contributed by atoms with van der Waals surface area (Å²) >= 11 is 0. The lowest BCUT2D eigenvalue weighted by molar-refractivity contribution is 0.349. The van der Waals surface area contributed by atoms with Crippen LogP contribution in [0.1, 0.15) is 38.2 Å². The molecule has 1 aliphatic carbocycles. The molecule has 1 aromatic carbocycles. The third kappa shape index (κ3) is 3.12. The van der Waals surface area contributed by atoms with E-state index in [1.54, 1.807) is 0 Å². The summed E-state index contributed by atoms with van der Waals surface area (Å²) in [5.74, 6) is 1.35. The highest BCUT2D eigenvalue weighted by Gasteiger charge is 2.22. The third-order valence-electron chi connectivity index (χ3n) is 4.52. The second-order valence-electron chi connectivity index (χ2n) is 6.08. The Morgan fingerprint density at radius 1 is 1.09 bits per heavy atom. The van der Waals surface area contributed by atoms with Gasteiger partial charge in [0.25, 0.3) is 0 Å². The maximum atomic E-state index is 9.35. The minimum Gasteiger partial charge on any atom is -0.366 e. The summed E-state index contributed by atoms with van der Waals surface area (Å²) in [7, 11) is 0. The molecule has 0 amide bonds. The number of hydrogen-bond donors (Lipinski definition) is 1. The van der Waals surface area contributed by atoms with E-state index in [0.717, 1.165) is 23.5 Å². The van der Waals surface area contributed by atoms with Gasteiger partial charge in [-0.3, -0.25) is 0 Å². The third-order valence-corrected chi connectivity index (χ3v) is 4.52. The molecule has 0 saturated heterocycles. The number of nitrogens with one attached hydrogen (secondary N) is 1. The summed E-state index contributed by atoms with van der Waals surface area (Å²) in [5.41, 5.74) is 2.61. The fourth-order valence-corrected chi connectivity index (χ4v) is 3.14. The average Bonchev–Trinajstić information content (AvgIpc) is 2.58. The van der Waals surface area contributed by atoms with E-state index in [0.29, 0.717) is 17.5 Å². The zero-order chi connectivity index (χ0) is 15.4. The maximum absolute atomic E-state index is 9.35. The zero-order valence-corrected chi connectivity index (χ0v) is 12.9. The van der Waals surface area contributed by atoms with E-state index >= 15 is 0 Å². The molecular weight excluding hydrogens is 270 g/mol.